The Morgan fingerprint density at radius 1 is 1.20 bits per heavy atom. The molecule has 2 unspecified atom stereocenters. The van der Waals surface area contributed by atoms with Crippen LogP contribution in [0.5, 0.6) is 0 Å². The van der Waals surface area contributed by atoms with Gasteiger partial charge in [-0.05, 0) is 30.7 Å². The third-order valence-corrected chi connectivity index (χ3v) is 3.81. The van der Waals surface area contributed by atoms with Gasteiger partial charge < -0.3 is 11.1 Å². The van der Waals surface area contributed by atoms with Crippen molar-refractivity contribution in [3.63, 3.8) is 0 Å². The second kappa shape index (κ2) is 6.97. The maximum absolute atomic E-state index is 13.9. The molecule has 2 atom stereocenters. The molecule has 0 amide bonds. The Hall–Kier alpha value is -1.23. The fourth-order valence-corrected chi connectivity index (χ4v) is 2.58. The van der Waals surface area contributed by atoms with E-state index in [9.17, 15) is 4.39 Å². The summed E-state index contributed by atoms with van der Waals surface area (Å²) in [7, 11) is 0. The summed E-state index contributed by atoms with van der Waals surface area (Å²) in [6.45, 7) is 2.39. The summed E-state index contributed by atoms with van der Waals surface area (Å²) in [4.78, 5) is 0. The monoisotopic (exact) mass is 336 g/mol. The zero-order valence-electron chi connectivity index (χ0n) is 11.3. The highest BCUT2D eigenvalue weighted by Crippen LogP contribution is 2.24. The number of nitrogens with one attached hydrogen (secondary N) is 1. The summed E-state index contributed by atoms with van der Waals surface area (Å²) >= 11 is 3.37. The molecule has 106 valence electrons. The van der Waals surface area contributed by atoms with Gasteiger partial charge in [0, 0.05) is 28.7 Å². The van der Waals surface area contributed by atoms with Crippen molar-refractivity contribution in [3.8, 4) is 0 Å². The van der Waals surface area contributed by atoms with Crippen LogP contribution < -0.4 is 11.1 Å². The van der Waals surface area contributed by atoms with E-state index in [0.29, 0.717) is 12.1 Å². The highest BCUT2D eigenvalue weighted by atomic mass is 79.9. The summed E-state index contributed by atoms with van der Waals surface area (Å²) in [6, 6.07) is 14.8. The number of halogens is 2. The predicted molar refractivity (Wildman–Crippen MR) is 83.9 cm³/mol. The fourth-order valence-electron chi connectivity index (χ4n) is 2.21. The molecule has 0 radical (unpaired) electrons. The average molecular weight is 337 g/mol. The molecule has 0 saturated carbocycles. The van der Waals surface area contributed by atoms with Gasteiger partial charge >= 0.3 is 0 Å². The Labute approximate surface area is 127 Å². The zero-order chi connectivity index (χ0) is 14.5. The molecule has 3 N–H and O–H groups in total. The summed E-state index contributed by atoms with van der Waals surface area (Å²) < 4.78 is 14.8. The summed E-state index contributed by atoms with van der Waals surface area (Å²) in [6.07, 6.45) is 0. The van der Waals surface area contributed by atoms with Crippen LogP contribution in [0.15, 0.2) is 53.0 Å². The number of rotatable bonds is 5. The standard InChI is InChI=1S/C16H18BrFN2/c1-11(12-5-3-2-4-6-12)20-16(10-19)14-9-13(17)7-8-15(14)18/h2-9,11,16,20H,10,19H2,1H3. The lowest BCUT2D eigenvalue weighted by Gasteiger charge is -2.23. The Morgan fingerprint density at radius 2 is 1.90 bits per heavy atom. The number of hydrogen-bond acceptors (Lipinski definition) is 2. The molecule has 2 nitrogen and oxygen atoms in total. The minimum absolute atomic E-state index is 0.100. The van der Waals surface area contributed by atoms with E-state index in [1.807, 2.05) is 37.3 Å². The Bertz CT molecular complexity index is 560. The molecule has 0 saturated heterocycles. The van der Waals surface area contributed by atoms with Gasteiger partial charge in [0.2, 0.25) is 0 Å². The Kier molecular flexibility index (Phi) is 5.29. The van der Waals surface area contributed by atoms with Crippen molar-refractivity contribution in [1.29, 1.82) is 0 Å². The van der Waals surface area contributed by atoms with E-state index >= 15 is 0 Å². The minimum atomic E-state index is -0.239. The van der Waals surface area contributed by atoms with Crippen LogP contribution in [0.25, 0.3) is 0 Å². The average Bonchev–Trinajstić information content (AvgIpc) is 2.48. The number of benzene rings is 2. The van der Waals surface area contributed by atoms with E-state index in [4.69, 9.17) is 5.73 Å². The molecular formula is C16H18BrFN2. The lowest BCUT2D eigenvalue weighted by molar-refractivity contribution is 0.454. The molecule has 0 aromatic heterocycles. The third kappa shape index (κ3) is 3.66. The van der Waals surface area contributed by atoms with Crippen molar-refractivity contribution in [2.24, 2.45) is 5.73 Å². The molecule has 0 aliphatic carbocycles. The zero-order valence-corrected chi connectivity index (χ0v) is 12.9. The maximum atomic E-state index is 13.9. The molecule has 0 aliphatic heterocycles. The van der Waals surface area contributed by atoms with Crippen molar-refractivity contribution in [2.75, 3.05) is 6.54 Å². The molecule has 4 heteroatoms. The molecule has 0 fully saturated rings. The van der Waals surface area contributed by atoms with Crippen molar-refractivity contribution in [1.82, 2.24) is 5.32 Å². The lowest BCUT2D eigenvalue weighted by Crippen LogP contribution is -2.31. The van der Waals surface area contributed by atoms with E-state index < -0.39 is 0 Å². The van der Waals surface area contributed by atoms with Crippen LogP contribution >= 0.6 is 15.9 Å². The second-order valence-corrected chi connectivity index (χ2v) is 5.67. The van der Waals surface area contributed by atoms with Gasteiger partial charge in [0.1, 0.15) is 5.82 Å². The van der Waals surface area contributed by atoms with Crippen molar-refractivity contribution in [3.05, 3.63) is 69.9 Å². The van der Waals surface area contributed by atoms with Crippen molar-refractivity contribution in [2.45, 2.75) is 19.0 Å². The first-order valence-corrected chi connectivity index (χ1v) is 7.37. The topological polar surface area (TPSA) is 38.0 Å². The van der Waals surface area contributed by atoms with Crippen LogP contribution in [0.3, 0.4) is 0 Å². The van der Waals surface area contributed by atoms with Gasteiger partial charge in [0.15, 0.2) is 0 Å². The van der Waals surface area contributed by atoms with Gasteiger partial charge in [0.05, 0.1) is 0 Å². The van der Waals surface area contributed by atoms with Gasteiger partial charge in [-0.25, -0.2) is 4.39 Å². The van der Waals surface area contributed by atoms with E-state index in [2.05, 4.69) is 21.2 Å². The van der Waals surface area contributed by atoms with Gasteiger partial charge in [-0.15, -0.1) is 0 Å². The normalized spacial score (nSPS) is 14.0. The first kappa shape index (κ1) is 15.2. The number of nitrogens with two attached hydrogens (primary N) is 1. The molecule has 2 aromatic carbocycles. The van der Waals surface area contributed by atoms with E-state index in [0.717, 1.165) is 10.0 Å². The van der Waals surface area contributed by atoms with E-state index in [1.54, 1.807) is 12.1 Å². The molecular weight excluding hydrogens is 319 g/mol. The predicted octanol–water partition coefficient (Wildman–Crippen LogP) is 3.94. The fraction of sp³-hybridized carbons (Fsp3) is 0.250. The summed E-state index contributed by atoms with van der Waals surface area (Å²) in [5.41, 5.74) is 7.55. The smallest absolute Gasteiger partial charge is 0.128 e. The molecule has 20 heavy (non-hydrogen) atoms. The number of hydrogen-bond donors (Lipinski definition) is 2. The largest absolute Gasteiger partial charge is 0.329 e. The quantitative estimate of drug-likeness (QED) is 0.867. The molecule has 2 aromatic rings. The van der Waals surface area contributed by atoms with Crippen LogP contribution in [0.2, 0.25) is 0 Å². The summed E-state index contributed by atoms with van der Waals surface area (Å²) in [5, 5.41) is 3.38. The first-order valence-electron chi connectivity index (χ1n) is 6.58. The Balaban J connectivity index is 2.19. The van der Waals surface area contributed by atoms with Crippen LogP contribution in [0.4, 0.5) is 4.39 Å². The van der Waals surface area contributed by atoms with Crippen LogP contribution in [-0.4, -0.2) is 6.54 Å². The summed E-state index contributed by atoms with van der Waals surface area (Å²) in [5.74, 6) is -0.239. The van der Waals surface area contributed by atoms with Crippen LogP contribution in [0, 0.1) is 5.82 Å². The van der Waals surface area contributed by atoms with Gasteiger partial charge in [-0.3, -0.25) is 0 Å². The van der Waals surface area contributed by atoms with Crippen LogP contribution in [0.1, 0.15) is 30.1 Å². The second-order valence-electron chi connectivity index (χ2n) is 4.75. The molecule has 0 aliphatic rings. The molecule has 2 rings (SSSR count). The van der Waals surface area contributed by atoms with Crippen molar-refractivity contribution < 1.29 is 4.39 Å². The lowest BCUT2D eigenvalue weighted by atomic mass is 10.0. The molecule has 0 heterocycles. The van der Waals surface area contributed by atoms with E-state index in [1.165, 1.54) is 6.07 Å². The minimum Gasteiger partial charge on any atom is -0.329 e. The van der Waals surface area contributed by atoms with E-state index in [-0.39, 0.29) is 17.9 Å². The highest BCUT2D eigenvalue weighted by molar-refractivity contribution is 9.10. The SMILES string of the molecule is CC(NC(CN)c1cc(Br)ccc1F)c1ccccc1. The van der Waals surface area contributed by atoms with Crippen molar-refractivity contribution >= 4 is 15.9 Å². The maximum Gasteiger partial charge on any atom is 0.128 e. The van der Waals surface area contributed by atoms with Gasteiger partial charge in [-0.1, -0.05) is 46.3 Å². The molecule has 0 spiro atoms. The highest BCUT2D eigenvalue weighted by Gasteiger charge is 2.17. The van der Waals surface area contributed by atoms with Crippen LogP contribution in [-0.2, 0) is 0 Å². The molecule has 0 bridgehead atoms. The van der Waals surface area contributed by atoms with Gasteiger partial charge in [-0.2, -0.15) is 0 Å². The van der Waals surface area contributed by atoms with Gasteiger partial charge in [0.25, 0.3) is 0 Å². The first-order chi connectivity index (χ1) is 9.61. The Morgan fingerprint density at radius 3 is 2.55 bits per heavy atom. The third-order valence-electron chi connectivity index (χ3n) is 3.32.